The smallest absolute Gasteiger partial charge is 0.255 e. The van der Waals surface area contributed by atoms with E-state index in [0.29, 0.717) is 11.3 Å². The van der Waals surface area contributed by atoms with E-state index in [1.165, 1.54) is 12.8 Å². The molecule has 0 unspecified atom stereocenters. The summed E-state index contributed by atoms with van der Waals surface area (Å²) in [6, 6.07) is 1.82. The Morgan fingerprint density at radius 1 is 1.47 bits per heavy atom. The monoisotopic (exact) mass is 327 g/mol. The highest BCUT2D eigenvalue weighted by molar-refractivity contribution is 9.09. The van der Waals surface area contributed by atoms with Gasteiger partial charge in [-0.25, -0.2) is 0 Å². The molecule has 1 N–H and O–H groups in total. The van der Waals surface area contributed by atoms with Gasteiger partial charge in [0.25, 0.3) is 5.91 Å². The second-order valence-corrected chi connectivity index (χ2v) is 6.44. The van der Waals surface area contributed by atoms with E-state index in [-0.39, 0.29) is 11.4 Å². The average molecular weight is 328 g/mol. The maximum atomic E-state index is 12.4. The summed E-state index contributed by atoms with van der Waals surface area (Å²) in [6.45, 7) is 5.99. The highest BCUT2D eigenvalue weighted by Gasteiger charge is 2.35. The molecule has 0 saturated heterocycles. The van der Waals surface area contributed by atoms with Gasteiger partial charge < -0.3 is 9.73 Å². The first-order chi connectivity index (χ1) is 8.96. The normalized spacial score (nSPS) is 27.3. The number of aryl methyl sites for hydroxylation is 2. The van der Waals surface area contributed by atoms with Crippen molar-refractivity contribution in [2.45, 2.75) is 52.0 Å². The van der Waals surface area contributed by atoms with Crippen LogP contribution in [0.3, 0.4) is 0 Å². The minimum Gasteiger partial charge on any atom is -0.466 e. The summed E-state index contributed by atoms with van der Waals surface area (Å²) < 4.78 is 5.44. The van der Waals surface area contributed by atoms with Gasteiger partial charge in [0.15, 0.2) is 0 Å². The molecule has 106 valence electrons. The quantitative estimate of drug-likeness (QED) is 0.853. The molecule has 0 radical (unpaired) electrons. The van der Waals surface area contributed by atoms with Crippen LogP contribution in [0.2, 0.25) is 0 Å². The van der Waals surface area contributed by atoms with Gasteiger partial charge in [-0.05, 0) is 51.5 Å². The van der Waals surface area contributed by atoms with Gasteiger partial charge in [-0.3, -0.25) is 4.79 Å². The molecule has 0 spiro atoms. The minimum absolute atomic E-state index is 0.0108. The van der Waals surface area contributed by atoms with E-state index in [9.17, 15) is 4.79 Å². The van der Waals surface area contributed by atoms with Crippen molar-refractivity contribution in [2.24, 2.45) is 5.92 Å². The van der Waals surface area contributed by atoms with Crippen molar-refractivity contribution >= 4 is 21.8 Å². The fraction of sp³-hybridized carbons (Fsp3) is 0.667. The fourth-order valence-electron chi connectivity index (χ4n) is 2.77. The van der Waals surface area contributed by atoms with Gasteiger partial charge in [0.2, 0.25) is 0 Å². The Balaban J connectivity index is 2.10. The van der Waals surface area contributed by atoms with Crippen LogP contribution in [0.1, 0.15) is 54.5 Å². The van der Waals surface area contributed by atoms with Gasteiger partial charge >= 0.3 is 0 Å². The van der Waals surface area contributed by atoms with E-state index >= 15 is 0 Å². The zero-order valence-electron chi connectivity index (χ0n) is 11.9. The number of carbonyl (C=O) groups excluding carboxylic acids is 1. The summed E-state index contributed by atoms with van der Waals surface area (Å²) in [5.41, 5.74) is 0.567. The SMILES string of the molecule is Cc1cc(C(=O)NC2(CBr)CCC(C)CC2)c(C)o1. The molecule has 0 atom stereocenters. The summed E-state index contributed by atoms with van der Waals surface area (Å²) >= 11 is 3.57. The van der Waals surface area contributed by atoms with Crippen LogP contribution in [0.25, 0.3) is 0 Å². The Morgan fingerprint density at radius 3 is 2.58 bits per heavy atom. The van der Waals surface area contributed by atoms with Crippen LogP contribution in [-0.2, 0) is 0 Å². The molecule has 1 saturated carbocycles. The first-order valence-corrected chi connectivity index (χ1v) is 8.03. The van der Waals surface area contributed by atoms with Crippen molar-refractivity contribution in [3.8, 4) is 0 Å². The predicted molar refractivity (Wildman–Crippen MR) is 79.8 cm³/mol. The Hall–Kier alpha value is -0.770. The lowest BCUT2D eigenvalue weighted by atomic mass is 9.78. The summed E-state index contributed by atoms with van der Waals surface area (Å²) in [5.74, 6) is 2.24. The molecule has 19 heavy (non-hydrogen) atoms. The van der Waals surface area contributed by atoms with Crippen LogP contribution in [0, 0.1) is 19.8 Å². The highest BCUT2D eigenvalue weighted by atomic mass is 79.9. The number of nitrogens with one attached hydrogen (secondary N) is 1. The third-order valence-electron chi connectivity index (χ3n) is 4.15. The van der Waals surface area contributed by atoms with Crippen molar-refractivity contribution in [3.63, 3.8) is 0 Å². The highest BCUT2D eigenvalue weighted by Crippen LogP contribution is 2.33. The lowest BCUT2D eigenvalue weighted by Gasteiger charge is -2.38. The van der Waals surface area contributed by atoms with E-state index in [4.69, 9.17) is 4.42 Å². The lowest BCUT2D eigenvalue weighted by molar-refractivity contribution is 0.0873. The molecule has 0 aromatic carbocycles. The summed E-state index contributed by atoms with van der Waals surface area (Å²) in [5, 5.41) is 4.04. The Morgan fingerprint density at radius 2 is 2.11 bits per heavy atom. The maximum absolute atomic E-state index is 12.4. The molecule has 0 bridgehead atoms. The molecule has 4 heteroatoms. The molecule has 1 aliphatic rings. The number of halogens is 1. The lowest BCUT2D eigenvalue weighted by Crippen LogP contribution is -2.52. The third kappa shape index (κ3) is 3.22. The van der Waals surface area contributed by atoms with Gasteiger partial charge in [0.05, 0.1) is 11.1 Å². The van der Waals surface area contributed by atoms with Crippen LogP contribution in [-0.4, -0.2) is 16.8 Å². The van der Waals surface area contributed by atoms with E-state index in [0.717, 1.165) is 29.8 Å². The number of carbonyl (C=O) groups is 1. The topological polar surface area (TPSA) is 42.2 Å². The number of hydrogen-bond acceptors (Lipinski definition) is 2. The zero-order valence-corrected chi connectivity index (χ0v) is 13.5. The molecule has 0 aliphatic heterocycles. The molecule has 1 amide bonds. The largest absolute Gasteiger partial charge is 0.466 e. The van der Waals surface area contributed by atoms with Crippen molar-refractivity contribution in [2.75, 3.05) is 5.33 Å². The van der Waals surface area contributed by atoms with Crippen molar-refractivity contribution in [1.29, 1.82) is 0 Å². The molecular formula is C15H22BrNO2. The van der Waals surface area contributed by atoms with E-state index in [1.807, 2.05) is 19.9 Å². The first kappa shape index (κ1) is 14.6. The minimum atomic E-state index is -0.0960. The Kier molecular flexibility index (Phi) is 4.39. The first-order valence-electron chi connectivity index (χ1n) is 6.91. The molecular weight excluding hydrogens is 306 g/mol. The van der Waals surface area contributed by atoms with E-state index < -0.39 is 0 Å². The average Bonchev–Trinajstić information content (AvgIpc) is 2.72. The number of furan rings is 1. The molecule has 1 aromatic heterocycles. The summed E-state index contributed by atoms with van der Waals surface area (Å²) in [6.07, 6.45) is 4.44. The molecule has 3 nitrogen and oxygen atoms in total. The standard InChI is InChI=1S/C15H22BrNO2/c1-10-4-6-15(9-16,7-5-10)17-14(18)13-8-11(2)19-12(13)3/h8,10H,4-7,9H2,1-3H3,(H,17,18). The number of alkyl halides is 1. The number of amides is 1. The fourth-order valence-corrected chi connectivity index (χ4v) is 3.47. The Bertz CT molecular complexity index is 459. The van der Waals surface area contributed by atoms with Gasteiger partial charge in [-0.1, -0.05) is 22.9 Å². The van der Waals surface area contributed by atoms with Crippen molar-refractivity contribution in [3.05, 3.63) is 23.2 Å². The number of rotatable bonds is 3. The van der Waals surface area contributed by atoms with Gasteiger partial charge in [0.1, 0.15) is 11.5 Å². The zero-order chi connectivity index (χ0) is 14.0. The Labute approximate surface area is 123 Å². The van der Waals surface area contributed by atoms with Crippen LogP contribution in [0.4, 0.5) is 0 Å². The molecule has 1 fully saturated rings. The van der Waals surface area contributed by atoms with Gasteiger partial charge in [-0.15, -0.1) is 0 Å². The van der Waals surface area contributed by atoms with E-state index in [2.05, 4.69) is 28.2 Å². The second kappa shape index (κ2) is 5.70. The van der Waals surface area contributed by atoms with Crippen molar-refractivity contribution in [1.82, 2.24) is 5.32 Å². The molecule has 1 aromatic rings. The maximum Gasteiger partial charge on any atom is 0.255 e. The number of hydrogen-bond donors (Lipinski definition) is 1. The molecule has 2 rings (SSSR count). The predicted octanol–water partition coefficient (Wildman–Crippen LogP) is 3.97. The van der Waals surface area contributed by atoms with Gasteiger partial charge in [-0.2, -0.15) is 0 Å². The molecule has 1 aliphatic carbocycles. The summed E-state index contributed by atoms with van der Waals surface area (Å²) in [4.78, 5) is 12.4. The van der Waals surface area contributed by atoms with Gasteiger partial charge in [0, 0.05) is 5.33 Å². The summed E-state index contributed by atoms with van der Waals surface area (Å²) in [7, 11) is 0. The van der Waals surface area contributed by atoms with Crippen LogP contribution < -0.4 is 5.32 Å². The second-order valence-electron chi connectivity index (χ2n) is 5.88. The van der Waals surface area contributed by atoms with Crippen LogP contribution in [0.5, 0.6) is 0 Å². The van der Waals surface area contributed by atoms with Crippen LogP contribution in [0.15, 0.2) is 10.5 Å². The van der Waals surface area contributed by atoms with Crippen molar-refractivity contribution < 1.29 is 9.21 Å². The van der Waals surface area contributed by atoms with E-state index in [1.54, 1.807) is 0 Å². The van der Waals surface area contributed by atoms with Crippen LogP contribution >= 0.6 is 15.9 Å². The molecule has 1 heterocycles. The third-order valence-corrected chi connectivity index (χ3v) is 5.22.